The lowest BCUT2D eigenvalue weighted by Gasteiger charge is -2.28. The molecule has 4 amide bonds. The molecule has 0 saturated carbocycles. The van der Waals surface area contributed by atoms with Crippen molar-refractivity contribution in [1.82, 2.24) is 16.0 Å². The number of nitrogens with one attached hydrogen (secondary N) is 3. The Balaban J connectivity index is 1.93. The molecule has 2 rings (SSSR count). The van der Waals surface area contributed by atoms with Gasteiger partial charge in [0.2, 0.25) is 11.8 Å². The van der Waals surface area contributed by atoms with Gasteiger partial charge in [-0.05, 0) is 19.1 Å². The van der Waals surface area contributed by atoms with Crippen LogP contribution in [0.3, 0.4) is 0 Å². The Morgan fingerprint density at radius 2 is 1.91 bits per heavy atom. The van der Waals surface area contributed by atoms with Crippen molar-refractivity contribution >= 4 is 17.8 Å². The summed E-state index contributed by atoms with van der Waals surface area (Å²) in [5.41, 5.74) is -0.245. The molecule has 1 saturated heterocycles. The molecule has 0 radical (unpaired) electrons. The van der Waals surface area contributed by atoms with Gasteiger partial charge in [0.15, 0.2) is 0 Å². The van der Waals surface area contributed by atoms with E-state index in [2.05, 4.69) is 16.0 Å². The smallest absolute Gasteiger partial charge is 0.321 e. The fraction of sp³-hybridized carbons (Fsp3) is 0.357. The van der Waals surface area contributed by atoms with Gasteiger partial charge in [-0.2, -0.15) is 0 Å². The second kappa shape index (κ2) is 6.50. The van der Waals surface area contributed by atoms with Crippen LogP contribution in [-0.4, -0.2) is 23.9 Å². The van der Waals surface area contributed by atoms with Gasteiger partial charge in [0, 0.05) is 24.6 Å². The van der Waals surface area contributed by atoms with Crippen LogP contribution in [0.4, 0.5) is 13.6 Å². The molecule has 2 unspecified atom stereocenters. The van der Waals surface area contributed by atoms with Crippen molar-refractivity contribution in [3.63, 3.8) is 0 Å². The van der Waals surface area contributed by atoms with Crippen LogP contribution in [0.2, 0.25) is 0 Å². The maximum absolute atomic E-state index is 13.4. The van der Waals surface area contributed by atoms with Crippen LogP contribution < -0.4 is 16.0 Å². The van der Waals surface area contributed by atoms with Gasteiger partial charge in [-0.15, -0.1) is 0 Å². The molecule has 1 aliphatic rings. The maximum atomic E-state index is 13.4. The molecule has 1 aliphatic heterocycles. The van der Waals surface area contributed by atoms with Gasteiger partial charge in [-0.25, -0.2) is 13.6 Å². The van der Waals surface area contributed by atoms with Crippen molar-refractivity contribution < 1.29 is 23.2 Å². The van der Waals surface area contributed by atoms with E-state index < -0.39 is 41.4 Å². The number of carbonyl (C=O) groups is 3. The van der Waals surface area contributed by atoms with Crippen molar-refractivity contribution in [2.24, 2.45) is 5.92 Å². The number of urea groups is 1. The minimum Gasteiger partial charge on any atom is -0.352 e. The Morgan fingerprint density at radius 1 is 1.27 bits per heavy atom. The highest BCUT2D eigenvalue weighted by Crippen LogP contribution is 2.14. The molecule has 1 heterocycles. The van der Waals surface area contributed by atoms with Crippen molar-refractivity contribution in [3.8, 4) is 0 Å². The first-order chi connectivity index (χ1) is 10.4. The summed E-state index contributed by atoms with van der Waals surface area (Å²) < 4.78 is 26.8. The first kappa shape index (κ1) is 15.9. The summed E-state index contributed by atoms with van der Waals surface area (Å²) in [6, 6.07) is 2.31. The first-order valence-corrected chi connectivity index (χ1v) is 6.69. The van der Waals surface area contributed by atoms with Gasteiger partial charge in [-0.3, -0.25) is 14.9 Å². The summed E-state index contributed by atoms with van der Waals surface area (Å²) >= 11 is 0. The van der Waals surface area contributed by atoms with E-state index in [0.717, 1.165) is 12.1 Å². The van der Waals surface area contributed by atoms with Crippen molar-refractivity contribution in [2.75, 3.05) is 0 Å². The Hall–Kier alpha value is -2.51. The monoisotopic (exact) mass is 311 g/mol. The number of amides is 4. The van der Waals surface area contributed by atoms with Crippen LogP contribution in [0.15, 0.2) is 18.2 Å². The highest BCUT2D eigenvalue weighted by molar-refractivity contribution is 6.00. The first-order valence-electron chi connectivity index (χ1n) is 6.69. The Labute approximate surface area is 125 Å². The maximum Gasteiger partial charge on any atom is 0.321 e. The van der Waals surface area contributed by atoms with E-state index in [0.29, 0.717) is 0 Å². The molecule has 0 aromatic heterocycles. The SMILES string of the molecule is CC1NC(=O)NC(=O)C1CC(=O)NCc1c(F)cccc1F. The van der Waals surface area contributed by atoms with E-state index in [-0.39, 0.29) is 18.5 Å². The molecule has 6 nitrogen and oxygen atoms in total. The summed E-state index contributed by atoms with van der Waals surface area (Å²) in [7, 11) is 0. The molecule has 1 fully saturated rings. The molecule has 1 aromatic rings. The number of benzene rings is 1. The summed E-state index contributed by atoms with van der Waals surface area (Å²) in [5, 5.41) is 6.92. The summed E-state index contributed by atoms with van der Waals surface area (Å²) in [6.45, 7) is 1.29. The van der Waals surface area contributed by atoms with E-state index in [1.54, 1.807) is 6.92 Å². The predicted octanol–water partition coefficient (Wildman–Crippen LogP) is 0.815. The zero-order chi connectivity index (χ0) is 16.3. The lowest BCUT2D eigenvalue weighted by Crippen LogP contribution is -2.57. The number of rotatable bonds is 4. The number of halogens is 2. The topological polar surface area (TPSA) is 87.3 Å². The van der Waals surface area contributed by atoms with Gasteiger partial charge < -0.3 is 10.6 Å². The van der Waals surface area contributed by atoms with Crippen molar-refractivity contribution in [1.29, 1.82) is 0 Å². The lowest BCUT2D eigenvalue weighted by atomic mass is 9.94. The quantitative estimate of drug-likeness (QED) is 0.769. The molecule has 3 N–H and O–H groups in total. The fourth-order valence-corrected chi connectivity index (χ4v) is 2.20. The van der Waals surface area contributed by atoms with Crippen LogP contribution in [0.25, 0.3) is 0 Å². The van der Waals surface area contributed by atoms with E-state index >= 15 is 0 Å². The summed E-state index contributed by atoms with van der Waals surface area (Å²) in [5.74, 6) is -3.33. The van der Waals surface area contributed by atoms with Gasteiger partial charge >= 0.3 is 6.03 Å². The fourth-order valence-electron chi connectivity index (χ4n) is 2.20. The lowest BCUT2D eigenvalue weighted by molar-refractivity contribution is -0.131. The molecule has 1 aromatic carbocycles. The van der Waals surface area contributed by atoms with Gasteiger partial charge in [0.25, 0.3) is 0 Å². The highest BCUT2D eigenvalue weighted by atomic mass is 19.1. The predicted molar refractivity (Wildman–Crippen MR) is 72.4 cm³/mol. The van der Waals surface area contributed by atoms with Gasteiger partial charge in [-0.1, -0.05) is 6.07 Å². The molecule has 8 heteroatoms. The molecule has 22 heavy (non-hydrogen) atoms. The van der Waals surface area contributed by atoms with Crippen LogP contribution in [0.5, 0.6) is 0 Å². The minimum absolute atomic E-state index is 0.191. The number of carbonyl (C=O) groups excluding carboxylic acids is 3. The molecular formula is C14H15F2N3O3. The van der Waals surface area contributed by atoms with Gasteiger partial charge in [0.05, 0.1) is 5.92 Å². The Kier molecular flexibility index (Phi) is 4.69. The normalized spacial score (nSPS) is 21.0. The van der Waals surface area contributed by atoms with E-state index in [9.17, 15) is 23.2 Å². The standard InChI is InChI=1S/C14H15F2N3O3/c1-7-8(13(21)19-14(22)18-7)5-12(20)17-6-9-10(15)3-2-4-11(9)16/h2-4,7-8H,5-6H2,1H3,(H,17,20)(H2,18,19,21,22). The van der Waals surface area contributed by atoms with Crippen molar-refractivity contribution in [2.45, 2.75) is 25.9 Å². The average Bonchev–Trinajstić information content (AvgIpc) is 2.42. The number of imide groups is 1. The van der Waals surface area contributed by atoms with Gasteiger partial charge in [0.1, 0.15) is 11.6 Å². The summed E-state index contributed by atoms with van der Waals surface area (Å²) in [6.07, 6.45) is -0.191. The Bertz CT molecular complexity index is 601. The van der Waals surface area contributed by atoms with Crippen LogP contribution in [0, 0.1) is 17.6 Å². The zero-order valence-corrected chi connectivity index (χ0v) is 11.8. The zero-order valence-electron chi connectivity index (χ0n) is 11.8. The van der Waals surface area contributed by atoms with E-state index in [1.165, 1.54) is 6.07 Å². The third-order valence-electron chi connectivity index (χ3n) is 3.47. The highest BCUT2D eigenvalue weighted by Gasteiger charge is 2.34. The van der Waals surface area contributed by atoms with E-state index in [4.69, 9.17) is 0 Å². The molecule has 0 spiro atoms. The molecule has 2 atom stereocenters. The largest absolute Gasteiger partial charge is 0.352 e. The molecule has 0 aliphatic carbocycles. The van der Waals surface area contributed by atoms with Crippen LogP contribution in [-0.2, 0) is 16.1 Å². The summed E-state index contributed by atoms with van der Waals surface area (Å²) in [4.78, 5) is 34.6. The number of hydrogen-bond acceptors (Lipinski definition) is 3. The molecule has 0 bridgehead atoms. The third-order valence-corrected chi connectivity index (χ3v) is 3.47. The second-order valence-corrected chi connectivity index (χ2v) is 5.04. The average molecular weight is 311 g/mol. The molecule has 118 valence electrons. The van der Waals surface area contributed by atoms with E-state index in [1.807, 2.05) is 0 Å². The number of hydrogen-bond donors (Lipinski definition) is 3. The second-order valence-electron chi connectivity index (χ2n) is 5.04. The van der Waals surface area contributed by atoms with Crippen LogP contribution >= 0.6 is 0 Å². The third kappa shape index (κ3) is 3.57. The van der Waals surface area contributed by atoms with Crippen LogP contribution in [0.1, 0.15) is 18.9 Å². The van der Waals surface area contributed by atoms with Crippen molar-refractivity contribution in [3.05, 3.63) is 35.4 Å². The Morgan fingerprint density at radius 3 is 2.50 bits per heavy atom. The minimum atomic E-state index is -0.753. The molecular weight excluding hydrogens is 296 g/mol.